The highest BCUT2D eigenvalue weighted by molar-refractivity contribution is 9.10. The standard InChI is InChI=1S/C14H15BrN2O2/c1-14(2,3)11-8-16-12(13(11)17(18)19)9-5-4-6-10(15)7-9/h4-8,16H,1-3H3. The van der Waals surface area contributed by atoms with Crippen molar-refractivity contribution in [1.29, 1.82) is 0 Å². The molecule has 1 N–H and O–H groups in total. The van der Waals surface area contributed by atoms with Gasteiger partial charge < -0.3 is 4.98 Å². The predicted molar refractivity (Wildman–Crippen MR) is 79.3 cm³/mol. The van der Waals surface area contributed by atoms with E-state index in [1.54, 1.807) is 6.20 Å². The monoisotopic (exact) mass is 322 g/mol. The number of nitrogens with zero attached hydrogens (tertiary/aromatic N) is 1. The van der Waals surface area contributed by atoms with E-state index in [4.69, 9.17) is 0 Å². The zero-order chi connectivity index (χ0) is 14.2. The summed E-state index contributed by atoms with van der Waals surface area (Å²) >= 11 is 3.38. The minimum absolute atomic E-state index is 0.158. The van der Waals surface area contributed by atoms with Crippen molar-refractivity contribution in [2.75, 3.05) is 0 Å². The third-order valence-electron chi connectivity index (χ3n) is 2.96. The molecule has 2 rings (SSSR count). The van der Waals surface area contributed by atoms with Crippen LogP contribution in [0.25, 0.3) is 11.3 Å². The topological polar surface area (TPSA) is 58.9 Å². The molecule has 0 saturated carbocycles. The maximum absolute atomic E-state index is 11.4. The molecule has 0 saturated heterocycles. The van der Waals surface area contributed by atoms with Crippen LogP contribution < -0.4 is 0 Å². The summed E-state index contributed by atoms with van der Waals surface area (Å²) in [7, 11) is 0. The summed E-state index contributed by atoms with van der Waals surface area (Å²) in [5.41, 5.74) is 1.95. The lowest BCUT2D eigenvalue weighted by Crippen LogP contribution is -2.12. The largest absolute Gasteiger partial charge is 0.355 e. The van der Waals surface area contributed by atoms with Crippen molar-refractivity contribution in [3.8, 4) is 11.3 Å². The summed E-state index contributed by atoms with van der Waals surface area (Å²) in [5.74, 6) is 0. The van der Waals surface area contributed by atoms with Crippen molar-refractivity contribution >= 4 is 21.6 Å². The van der Waals surface area contributed by atoms with E-state index in [1.165, 1.54) is 0 Å². The molecule has 0 radical (unpaired) electrons. The molecule has 0 aliphatic heterocycles. The summed E-state index contributed by atoms with van der Waals surface area (Å²) in [6.45, 7) is 5.90. The molecule has 5 heteroatoms. The first-order chi connectivity index (χ1) is 8.80. The Morgan fingerprint density at radius 3 is 2.53 bits per heavy atom. The van der Waals surface area contributed by atoms with Gasteiger partial charge in [-0.2, -0.15) is 0 Å². The van der Waals surface area contributed by atoms with Gasteiger partial charge in [0.25, 0.3) is 5.69 Å². The van der Waals surface area contributed by atoms with Crippen LogP contribution in [0.15, 0.2) is 34.9 Å². The number of hydrogen-bond donors (Lipinski definition) is 1. The predicted octanol–water partition coefficient (Wildman–Crippen LogP) is 4.65. The summed E-state index contributed by atoms with van der Waals surface area (Å²) < 4.78 is 0.895. The molecule has 0 fully saturated rings. The average molecular weight is 323 g/mol. The van der Waals surface area contributed by atoms with Gasteiger partial charge in [0.05, 0.1) is 10.5 Å². The number of H-pyrrole nitrogens is 1. The number of benzene rings is 1. The molecule has 0 amide bonds. The number of aromatic amines is 1. The zero-order valence-corrected chi connectivity index (χ0v) is 12.6. The third kappa shape index (κ3) is 2.71. The molecule has 0 bridgehead atoms. The van der Waals surface area contributed by atoms with Gasteiger partial charge in [0.2, 0.25) is 0 Å². The molecule has 0 aliphatic rings. The lowest BCUT2D eigenvalue weighted by molar-refractivity contribution is -0.385. The molecule has 0 spiro atoms. The van der Waals surface area contributed by atoms with Gasteiger partial charge >= 0.3 is 0 Å². The molecule has 4 nitrogen and oxygen atoms in total. The highest BCUT2D eigenvalue weighted by atomic mass is 79.9. The first kappa shape index (κ1) is 13.8. The summed E-state index contributed by atoms with van der Waals surface area (Å²) in [6, 6.07) is 7.48. The second-order valence-electron chi connectivity index (χ2n) is 5.44. The van der Waals surface area contributed by atoms with Crippen LogP contribution in [-0.2, 0) is 5.41 Å². The Morgan fingerprint density at radius 2 is 2.00 bits per heavy atom. The van der Waals surface area contributed by atoms with Crippen LogP contribution in [0.1, 0.15) is 26.3 Å². The average Bonchev–Trinajstić information content (AvgIpc) is 2.72. The van der Waals surface area contributed by atoms with Crippen molar-refractivity contribution in [1.82, 2.24) is 4.98 Å². The van der Waals surface area contributed by atoms with Crippen LogP contribution in [-0.4, -0.2) is 9.91 Å². The van der Waals surface area contributed by atoms with Crippen LogP contribution in [0.4, 0.5) is 5.69 Å². The Kier molecular flexibility index (Phi) is 3.49. The Hall–Kier alpha value is -1.62. The minimum atomic E-state index is -0.312. The molecular weight excluding hydrogens is 308 g/mol. The van der Waals surface area contributed by atoms with Gasteiger partial charge in [-0.25, -0.2) is 0 Å². The van der Waals surface area contributed by atoms with Crippen molar-refractivity contribution in [3.63, 3.8) is 0 Å². The Bertz CT molecular complexity index is 627. The lowest BCUT2D eigenvalue weighted by Gasteiger charge is -2.15. The molecular formula is C14H15BrN2O2. The SMILES string of the molecule is CC(C)(C)c1c[nH]c(-c2cccc(Br)c2)c1[N+](=O)[O-]. The molecule has 100 valence electrons. The summed E-state index contributed by atoms with van der Waals surface area (Å²) in [4.78, 5) is 14.1. The number of hydrogen-bond acceptors (Lipinski definition) is 2. The number of halogens is 1. The van der Waals surface area contributed by atoms with E-state index in [1.807, 2.05) is 45.0 Å². The van der Waals surface area contributed by atoms with E-state index in [2.05, 4.69) is 20.9 Å². The number of nitro groups is 1. The first-order valence-corrected chi connectivity index (χ1v) is 6.72. The van der Waals surface area contributed by atoms with E-state index in [-0.39, 0.29) is 16.0 Å². The van der Waals surface area contributed by atoms with Gasteiger partial charge in [0.15, 0.2) is 0 Å². The van der Waals surface area contributed by atoms with Crippen molar-refractivity contribution in [2.45, 2.75) is 26.2 Å². The van der Waals surface area contributed by atoms with E-state index in [9.17, 15) is 10.1 Å². The Labute approximate surface area is 120 Å². The highest BCUT2D eigenvalue weighted by Crippen LogP contribution is 2.39. The first-order valence-electron chi connectivity index (χ1n) is 5.93. The normalized spacial score (nSPS) is 11.6. The molecule has 2 aromatic rings. The minimum Gasteiger partial charge on any atom is -0.355 e. The fourth-order valence-corrected chi connectivity index (χ4v) is 2.44. The van der Waals surface area contributed by atoms with Crippen LogP contribution in [0, 0.1) is 10.1 Å². The van der Waals surface area contributed by atoms with Gasteiger partial charge in [-0.15, -0.1) is 0 Å². The maximum atomic E-state index is 11.4. The summed E-state index contributed by atoms with van der Waals surface area (Å²) in [6.07, 6.45) is 1.73. The van der Waals surface area contributed by atoms with Gasteiger partial charge in [0, 0.05) is 16.2 Å². The van der Waals surface area contributed by atoms with Gasteiger partial charge in [-0.05, 0) is 17.5 Å². The lowest BCUT2D eigenvalue weighted by atomic mass is 9.87. The van der Waals surface area contributed by atoms with Crippen LogP contribution in [0.5, 0.6) is 0 Å². The Morgan fingerprint density at radius 1 is 1.32 bits per heavy atom. The molecule has 0 unspecified atom stereocenters. The van der Waals surface area contributed by atoms with E-state index < -0.39 is 0 Å². The van der Waals surface area contributed by atoms with Crippen molar-refractivity contribution in [2.24, 2.45) is 0 Å². The second-order valence-corrected chi connectivity index (χ2v) is 6.36. The molecule has 19 heavy (non-hydrogen) atoms. The van der Waals surface area contributed by atoms with Crippen molar-refractivity contribution < 1.29 is 4.92 Å². The smallest absolute Gasteiger partial charge is 0.298 e. The zero-order valence-electron chi connectivity index (χ0n) is 11.0. The highest BCUT2D eigenvalue weighted by Gasteiger charge is 2.30. The number of nitrogens with one attached hydrogen (secondary N) is 1. The number of rotatable bonds is 2. The van der Waals surface area contributed by atoms with Crippen LogP contribution in [0.2, 0.25) is 0 Å². The molecule has 1 aromatic heterocycles. The molecule has 1 aromatic carbocycles. The molecule has 1 heterocycles. The van der Waals surface area contributed by atoms with Crippen LogP contribution >= 0.6 is 15.9 Å². The fourth-order valence-electron chi connectivity index (χ4n) is 2.04. The molecule has 0 atom stereocenters. The molecule has 0 aliphatic carbocycles. The van der Waals surface area contributed by atoms with Crippen LogP contribution in [0.3, 0.4) is 0 Å². The maximum Gasteiger partial charge on any atom is 0.298 e. The van der Waals surface area contributed by atoms with E-state index in [0.717, 1.165) is 10.0 Å². The number of aromatic nitrogens is 1. The van der Waals surface area contributed by atoms with Gasteiger partial charge in [-0.1, -0.05) is 48.8 Å². The fraction of sp³-hybridized carbons (Fsp3) is 0.286. The van der Waals surface area contributed by atoms with Gasteiger partial charge in [-0.3, -0.25) is 10.1 Å². The van der Waals surface area contributed by atoms with E-state index >= 15 is 0 Å². The van der Waals surface area contributed by atoms with E-state index in [0.29, 0.717) is 11.3 Å². The van der Waals surface area contributed by atoms with Crippen molar-refractivity contribution in [3.05, 3.63) is 50.6 Å². The second kappa shape index (κ2) is 4.81. The quantitative estimate of drug-likeness (QED) is 0.646. The Balaban J connectivity index is 2.66. The van der Waals surface area contributed by atoms with Gasteiger partial charge in [0.1, 0.15) is 5.69 Å². The third-order valence-corrected chi connectivity index (χ3v) is 3.45. The summed E-state index contributed by atoms with van der Waals surface area (Å²) in [5, 5.41) is 11.4.